The highest BCUT2D eigenvalue weighted by Crippen LogP contribution is 2.11. The van der Waals surface area contributed by atoms with Crippen LogP contribution in [-0.4, -0.2) is 32.9 Å². The zero-order valence-corrected chi connectivity index (χ0v) is 13.1. The number of hydrogen-bond donors (Lipinski definition) is 2. The quantitative estimate of drug-likeness (QED) is 0.688. The molecule has 0 spiro atoms. The van der Waals surface area contributed by atoms with Crippen LogP contribution in [0.25, 0.3) is 0 Å². The molecule has 118 valence electrons. The Hall–Kier alpha value is -1.75. The Kier molecular flexibility index (Phi) is 8.28. The first-order chi connectivity index (χ1) is 10.1. The van der Waals surface area contributed by atoms with Gasteiger partial charge in [-0.1, -0.05) is 26.0 Å². The molecule has 0 saturated carbocycles. The molecule has 0 bridgehead atoms. The lowest BCUT2D eigenvalue weighted by Gasteiger charge is -2.09. The summed E-state index contributed by atoms with van der Waals surface area (Å²) in [5.41, 5.74) is 1.00. The average Bonchev–Trinajstić information content (AvgIpc) is 2.48. The largest absolute Gasteiger partial charge is 0.497 e. The fourth-order valence-electron chi connectivity index (χ4n) is 1.72. The Morgan fingerprint density at radius 3 is 2.81 bits per heavy atom. The van der Waals surface area contributed by atoms with Gasteiger partial charge in [0.2, 0.25) is 0 Å². The van der Waals surface area contributed by atoms with Crippen LogP contribution >= 0.6 is 0 Å². The molecule has 0 saturated heterocycles. The summed E-state index contributed by atoms with van der Waals surface area (Å²) in [6.07, 6.45) is 0.819. The molecule has 1 aromatic rings. The van der Waals surface area contributed by atoms with E-state index in [1.54, 1.807) is 7.11 Å². The van der Waals surface area contributed by atoms with Gasteiger partial charge in [0, 0.05) is 26.3 Å². The van der Waals surface area contributed by atoms with Crippen LogP contribution < -0.4 is 15.4 Å². The van der Waals surface area contributed by atoms with Gasteiger partial charge in [-0.3, -0.25) is 0 Å². The summed E-state index contributed by atoms with van der Waals surface area (Å²) in [7, 11) is 1.63. The van der Waals surface area contributed by atoms with Gasteiger partial charge in [0.25, 0.3) is 0 Å². The lowest BCUT2D eigenvalue weighted by molar-refractivity contribution is 0.108. The summed E-state index contributed by atoms with van der Waals surface area (Å²) in [6, 6.07) is 7.46. The molecule has 0 heterocycles. The minimum absolute atomic E-state index is 0.165. The zero-order chi connectivity index (χ0) is 15.5. The van der Waals surface area contributed by atoms with Crippen LogP contribution in [0.5, 0.6) is 5.75 Å². The average molecular weight is 294 g/mol. The van der Waals surface area contributed by atoms with Crippen LogP contribution in [0.2, 0.25) is 0 Å². The number of ether oxygens (including phenoxy) is 2. The number of urea groups is 1. The first-order valence-electron chi connectivity index (χ1n) is 7.34. The molecule has 0 aliphatic carbocycles. The normalized spacial score (nSPS) is 10.5. The summed E-state index contributed by atoms with van der Waals surface area (Å²) < 4.78 is 10.6. The summed E-state index contributed by atoms with van der Waals surface area (Å²) in [4.78, 5) is 11.6. The molecule has 0 atom stereocenters. The summed E-state index contributed by atoms with van der Waals surface area (Å²) in [5, 5.41) is 5.62. The highest BCUT2D eigenvalue weighted by Gasteiger charge is 2.01. The number of rotatable bonds is 9. The predicted molar refractivity (Wildman–Crippen MR) is 83.5 cm³/mol. The van der Waals surface area contributed by atoms with Gasteiger partial charge in [0.05, 0.1) is 7.11 Å². The molecule has 1 aromatic carbocycles. The smallest absolute Gasteiger partial charge is 0.315 e. The Morgan fingerprint density at radius 1 is 1.29 bits per heavy atom. The van der Waals surface area contributed by atoms with E-state index in [9.17, 15) is 4.79 Å². The Bertz CT molecular complexity index is 422. The number of benzene rings is 1. The molecule has 0 unspecified atom stereocenters. The van der Waals surface area contributed by atoms with Crippen LogP contribution in [0.1, 0.15) is 25.8 Å². The second-order valence-corrected chi connectivity index (χ2v) is 5.28. The number of carbonyl (C=O) groups is 1. The van der Waals surface area contributed by atoms with E-state index >= 15 is 0 Å². The monoisotopic (exact) mass is 294 g/mol. The molecule has 0 aliphatic rings. The van der Waals surface area contributed by atoms with Gasteiger partial charge in [-0.05, 0) is 30.0 Å². The van der Waals surface area contributed by atoms with Crippen LogP contribution in [0.4, 0.5) is 4.79 Å². The molecule has 0 fully saturated rings. The van der Waals surface area contributed by atoms with Crippen molar-refractivity contribution in [1.82, 2.24) is 10.6 Å². The maximum absolute atomic E-state index is 11.6. The van der Waals surface area contributed by atoms with Crippen LogP contribution in [0, 0.1) is 5.92 Å². The highest BCUT2D eigenvalue weighted by atomic mass is 16.5. The van der Waals surface area contributed by atoms with Crippen molar-refractivity contribution >= 4 is 6.03 Å². The van der Waals surface area contributed by atoms with Gasteiger partial charge in [-0.25, -0.2) is 4.79 Å². The third-order valence-electron chi connectivity index (χ3n) is 2.79. The van der Waals surface area contributed by atoms with Crippen molar-refractivity contribution in [3.63, 3.8) is 0 Å². The van der Waals surface area contributed by atoms with E-state index in [2.05, 4.69) is 24.5 Å². The van der Waals surface area contributed by atoms with Crippen molar-refractivity contribution < 1.29 is 14.3 Å². The Morgan fingerprint density at radius 2 is 2.10 bits per heavy atom. The summed E-state index contributed by atoms with van der Waals surface area (Å²) in [5.74, 6) is 1.33. The minimum atomic E-state index is -0.165. The number of hydrogen-bond acceptors (Lipinski definition) is 3. The van der Waals surface area contributed by atoms with E-state index in [0.717, 1.165) is 24.3 Å². The van der Waals surface area contributed by atoms with Gasteiger partial charge in [-0.2, -0.15) is 0 Å². The van der Waals surface area contributed by atoms with E-state index in [1.165, 1.54) is 0 Å². The third kappa shape index (κ3) is 8.19. The van der Waals surface area contributed by atoms with E-state index in [0.29, 0.717) is 25.6 Å². The number of methoxy groups -OCH3 is 1. The van der Waals surface area contributed by atoms with Crippen molar-refractivity contribution in [2.24, 2.45) is 5.92 Å². The third-order valence-corrected chi connectivity index (χ3v) is 2.79. The number of amides is 2. The van der Waals surface area contributed by atoms with Gasteiger partial charge >= 0.3 is 6.03 Å². The van der Waals surface area contributed by atoms with Gasteiger partial charge in [0.1, 0.15) is 5.75 Å². The first-order valence-corrected chi connectivity index (χ1v) is 7.34. The molecule has 21 heavy (non-hydrogen) atoms. The van der Waals surface area contributed by atoms with Crippen LogP contribution in [-0.2, 0) is 11.3 Å². The van der Waals surface area contributed by atoms with Crippen molar-refractivity contribution in [2.45, 2.75) is 26.8 Å². The zero-order valence-electron chi connectivity index (χ0n) is 13.1. The maximum Gasteiger partial charge on any atom is 0.315 e. The molecule has 2 amide bonds. The van der Waals surface area contributed by atoms with E-state index in [4.69, 9.17) is 9.47 Å². The molecular formula is C16H26N2O3. The molecule has 5 heteroatoms. The molecule has 5 nitrogen and oxygen atoms in total. The van der Waals surface area contributed by atoms with Crippen LogP contribution in [0.3, 0.4) is 0 Å². The second-order valence-electron chi connectivity index (χ2n) is 5.28. The van der Waals surface area contributed by atoms with Gasteiger partial charge in [-0.15, -0.1) is 0 Å². The summed E-state index contributed by atoms with van der Waals surface area (Å²) >= 11 is 0. The second kappa shape index (κ2) is 10.0. The SMILES string of the molecule is COc1cccc(CNC(=O)NCCCOCC(C)C)c1. The highest BCUT2D eigenvalue weighted by molar-refractivity contribution is 5.73. The van der Waals surface area contributed by atoms with Crippen molar-refractivity contribution in [3.05, 3.63) is 29.8 Å². The topological polar surface area (TPSA) is 59.6 Å². The van der Waals surface area contributed by atoms with Gasteiger partial charge < -0.3 is 20.1 Å². The summed E-state index contributed by atoms with van der Waals surface area (Å²) in [6.45, 7) is 6.76. The standard InChI is InChI=1S/C16H26N2O3/c1-13(2)12-21-9-5-8-17-16(19)18-11-14-6-4-7-15(10-14)20-3/h4,6-7,10,13H,5,8-9,11-12H2,1-3H3,(H2,17,18,19). The first kappa shape index (κ1) is 17.3. The Labute approximate surface area is 127 Å². The Balaban J connectivity index is 2.11. The minimum Gasteiger partial charge on any atom is -0.497 e. The van der Waals surface area contributed by atoms with E-state index in [-0.39, 0.29) is 6.03 Å². The van der Waals surface area contributed by atoms with Gasteiger partial charge in [0.15, 0.2) is 0 Å². The molecule has 0 aliphatic heterocycles. The van der Waals surface area contributed by atoms with E-state index in [1.807, 2.05) is 24.3 Å². The molecule has 1 rings (SSSR count). The molecule has 0 radical (unpaired) electrons. The van der Waals surface area contributed by atoms with Crippen molar-refractivity contribution in [3.8, 4) is 5.75 Å². The van der Waals surface area contributed by atoms with Crippen LogP contribution in [0.15, 0.2) is 24.3 Å². The van der Waals surface area contributed by atoms with Crippen molar-refractivity contribution in [2.75, 3.05) is 26.9 Å². The predicted octanol–water partition coefficient (Wildman–Crippen LogP) is 2.56. The number of nitrogens with one attached hydrogen (secondary N) is 2. The lowest BCUT2D eigenvalue weighted by Crippen LogP contribution is -2.35. The van der Waals surface area contributed by atoms with E-state index < -0.39 is 0 Å². The molecular weight excluding hydrogens is 268 g/mol. The fourth-order valence-corrected chi connectivity index (χ4v) is 1.72. The van der Waals surface area contributed by atoms with Crippen molar-refractivity contribution in [1.29, 1.82) is 0 Å². The lowest BCUT2D eigenvalue weighted by atomic mass is 10.2. The number of carbonyl (C=O) groups excluding carboxylic acids is 1. The molecule has 0 aromatic heterocycles. The maximum atomic E-state index is 11.6. The fraction of sp³-hybridized carbons (Fsp3) is 0.562. The molecule has 2 N–H and O–H groups in total.